The van der Waals surface area contributed by atoms with Crippen molar-refractivity contribution in [2.75, 3.05) is 0 Å². The highest BCUT2D eigenvalue weighted by molar-refractivity contribution is 7.91. The van der Waals surface area contributed by atoms with E-state index in [-0.39, 0.29) is 11.0 Å². The van der Waals surface area contributed by atoms with Crippen molar-refractivity contribution in [2.45, 2.75) is 40.0 Å². The molecule has 0 amide bonds. The first kappa shape index (κ1) is 13.6. The highest BCUT2D eigenvalue weighted by Crippen LogP contribution is 2.45. The molecule has 0 aliphatic heterocycles. The Morgan fingerprint density at radius 2 is 1.61 bits per heavy atom. The zero-order valence-corrected chi connectivity index (χ0v) is 13.3. The van der Waals surface area contributed by atoms with Crippen LogP contribution in [0.3, 0.4) is 0 Å². The van der Waals surface area contributed by atoms with E-state index in [2.05, 4.69) is 46.8 Å². The maximum atomic E-state index is 12.2. The van der Waals surface area contributed by atoms with Gasteiger partial charge in [-0.15, -0.1) is 0 Å². The van der Waals surface area contributed by atoms with Crippen LogP contribution in [0.25, 0.3) is 5.69 Å². The second-order valence-corrected chi connectivity index (χ2v) is 8.04. The van der Waals surface area contributed by atoms with E-state index in [0.29, 0.717) is 0 Å². The van der Waals surface area contributed by atoms with Crippen LogP contribution in [-0.4, -0.2) is 4.57 Å². The Hall–Kier alpha value is -0.840. The van der Waals surface area contributed by atoms with Gasteiger partial charge in [-0.3, -0.25) is 0 Å². The standard InChI is InChI=1S/C14H19NOP2/c1-9-7-6-8-10(2)11(9)15-12(14(3,4)5)17-18-13(15)16/h6-8,16H,1-5H3/p-1. The van der Waals surface area contributed by atoms with Crippen LogP contribution in [0.2, 0.25) is 0 Å². The first-order valence-corrected chi connectivity index (χ1v) is 8.51. The van der Waals surface area contributed by atoms with Crippen LogP contribution in [0, 0.1) is 13.8 Å². The van der Waals surface area contributed by atoms with Crippen LogP contribution in [-0.2, 0) is 5.41 Å². The minimum absolute atomic E-state index is 0.0233. The maximum absolute atomic E-state index is 12.2. The van der Waals surface area contributed by atoms with Gasteiger partial charge in [0.05, 0.1) is 11.1 Å². The zero-order chi connectivity index (χ0) is 13.5. The topological polar surface area (TPSA) is 28.0 Å². The van der Waals surface area contributed by atoms with Crippen LogP contribution >= 0.6 is 15.7 Å². The molecular formula is C14H18NOP2-. The SMILES string of the molecule is Cc1cccc(C)c1-n1c([O-])ppc1C(C)(C)C. The van der Waals surface area contributed by atoms with Gasteiger partial charge in [0.25, 0.3) is 0 Å². The van der Waals surface area contributed by atoms with E-state index in [9.17, 15) is 5.11 Å². The van der Waals surface area contributed by atoms with Gasteiger partial charge in [-0.05, 0) is 40.7 Å². The van der Waals surface area contributed by atoms with E-state index in [1.165, 1.54) is 5.43 Å². The van der Waals surface area contributed by atoms with Crippen LogP contribution < -0.4 is 5.11 Å². The molecule has 0 saturated heterocycles. The van der Waals surface area contributed by atoms with Gasteiger partial charge in [-0.1, -0.05) is 39.0 Å². The average molecular weight is 278 g/mol. The summed E-state index contributed by atoms with van der Waals surface area (Å²) in [4.78, 5) is 0. The molecule has 1 aromatic carbocycles. The van der Waals surface area contributed by atoms with Crippen molar-refractivity contribution in [1.82, 2.24) is 4.57 Å². The zero-order valence-electron chi connectivity index (χ0n) is 11.5. The summed E-state index contributed by atoms with van der Waals surface area (Å²) in [6.45, 7) is 10.7. The van der Waals surface area contributed by atoms with E-state index >= 15 is 0 Å². The minimum Gasteiger partial charge on any atom is -0.856 e. The molecule has 96 valence electrons. The number of hydrogen-bond acceptors (Lipinski definition) is 1. The van der Waals surface area contributed by atoms with E-state index in [0.717, 1.165) is 32.6 Å². The Bertz CT molecular complexity index is 562. The Balaban J connectivity index is 2.76. The molecule has 0 unspecified atom stereocenters. The third-order valence-electron chi connectivity index (χ3n) is 2.97. The van der Waals surface area contributed by atoms with Gasteiger partial charge in [-0.25, -0.2) is 0 Å². The molecule has 4 heteroatoms. The lowest BCUT2D eigenvalue weighted by atomic mass is 9.97. The predicted molar refractivity (Wildman–Crippen MR) is 78.4 cm³/mol. The molecule has 0 N–H and O–H groups in total. The summed E-state index contributed by atoms with van der Waals surface area (Å²) in [5, 5.41) is 12.2. The molecule has 0 radical (unpaired) electrons. The fourth-order valence-electron chi connectivity index (χ4n) is 2.12. The smallest absolute Gasteiger partial charge is 0.0595 e. The third kappa shape index (κ3) is 2.32. The van der Waals surface area contributed by atoms with Gasteiger partial charge in [0.2, 0.25) is 0 Å². The normalized spacial score (nSPS) is 12.7. The lowest BCUT2D eigenvalue weighted by Crippen LogP contribution is -2.18. The van der Waals surface area contributed by atoms with Gasteiger partial charge in [-0.2, -0.15) is 0 Å². The summed E-state index contributed by atoms with van der Waals surface area (Å²) >= 11 is 0. The van der Waals surface area contributed by atoms with Crippen LogP contribution in [0.1, 0.15) is 37.3 Å². The highest BCUT2D eigenvalue weighted by Gasteiger charge is 2.21. The number of benzene rings is 1. The molecule has 2 rings (SSSR count). The summed E-state index contributed by atoms with van der Waals surface area (Å²) < 4.78 is 1.94. The molecule has 0 aliphatic rings. The maximum Gasteiger partial charge on any atom is 0.0595 e. The van der Waals surface area contributed by atoms with Crippen LogP contribution in [0.15, 0.2) is 18.2 Å². The van der Waals surface area contributed by atoms with Gasteiger partial charge < -0.3 is 9.67 Å². The average Bonchev–Trinajstić information content (AvgIpc) is 2.60. The van der Waals surface area contributed by atoms with E-state index in [4.69, 9.17) is 0 Å². The van der Waals surface area contributed by atoms with Crippen molar-refractivity contribution in [3.8, 4) is 11.3 Å². The number of hydrogen-bond donors (Lipinski definition) is 0. The molecule has 1 aromatic heterocycles. The van der Waals surface area contributed by atoms with Gasteiger partial charge in [0.1, 0.15) is 0 Å². The van der Waals surface area contributed by atoms with E-state index in [1.54, 1.807) is 0 Å². The number of aromatic nitrogens is 1. The van der Waals surface area contributed by atoms with Crippen molar-refractivity contribution in [1.29, 1.82) is 0 Å². The van der Waals surface area contributed by atoms with E-state index < -0.39 is 0 Å². The number of rotatable bonds is 1. The molecule has 0 saturated carbocycles. The fraction of sp³-hybridized carbons (Fsp3) is 0.429. The monoisotopic (exact) mass is 278 g/mol. The minimum atomic E-state index is 0.0233. The molecule has 18 heavy (non-hydrogen) atoms. The van der Waals surface area contributed by atoms with Gasteiger partial charge >= 0.3 is 0 Å². The first-order valence-electron chi connectivity index (χ1n) is 6.02. The lowest BCUT2D eigenvalue weighted by molar-refractivity contribution is -0.270. The molecule has 1 heterocycles. The summed E-state index contributed by atoms with van der Waals surface area (Å²) in [5.41, 5.74) is 4.82. The van der Waals surface area contributed by atoms with Crippen LogP contribution in [0.4, 0.5) is 0 Å². The number of aryl methyl sites for hydroxylation is 2. The van der Waals surface area contributed by atoms with Crippen molar-refractivity contribution in [3.05, 3.63) is 34.8 Å². The van der Waals surface area contributed by atoms with Gasteiger partial charge in [0.15, 0.2) is 0 Å². The quantitative estimate of drug-likeness (QED) is 0.747. The Morgan fingerprint density at radius 1 is 1.06 bits per heavy atom. The fourth-order valence-corrected chi connectivity index (χ4v) is 5.22. The molecule has 0 atom stereocenters. The molecule has 0 bridgehead atoms. The second kappa shape index (κ2) is 4.68. The summed E-state index contributed by atoms with van der Waals surface area (Å²) in [5.74, 6) is 0. The van der Waals surface area contributed by atoms with Gasteiger partial charge in [0, 0.05) is 11.0 Å². The van der Waals surface area contributed by atoms with Crippen molar-refractivity contribution in [3.63, 3.8) is 0 Å². The molecule has 2 nitrogen and oxygen atoms in total. The summed E-state index contributed by atoms with van der Waals surface area (Å²) in [6, 6.07) is 6.19. The second-order valence-electron chi connectivity index (χ2n) is 5.63. The Kier molecular flexibility index (Phi) is 3.54. The highest BCUT2D eigenvalue weighted by atomic mass is 31.8. The largest absolute Gasteiger partial charge is 0.856 e. The Morgan fingerprint density at radius 3 is 2.11 bits per heavy atom. The first-order chi connectivity index (χ1) is 8.32. The van der Waals surface area contributed by atoms with Crippen molar-refractivity contribution < 1.29 is 5.11 Å². The van der Waals surface area contributed by atoms with E-state index in [1.807, 2.05) is 10.6 Å². The van der Waals surface area contributed by atoms with Crippen molar-refractivity contribution in [2.24, 2.45) is 0 Å². The summed E-state index contributed by atoms with van der Waals surface area (Å²) in [6.07, 6.45) is 0. The summed E-state index contributed by atoms with van der Waals surface area (Å²) in [7, 11) is 1.99. The number of nitrogens with zero attached hydrogens (tertiary/aromatic N) is 1. The van der Waals surface area contributed by atoms with Crippen molar-refractivity contribution >= 4 is 15.7 Å². The number of para-hydroxylation sites is 1. The molecule has 0 spiro atoms. The lowest BCUT2D eigenvalue weighted by Gasteiger charge is -2.25. The predicted octanol–water partition coefficient (Wildman–Crippen LogP) is 4.63. The molecule has 0 fully saturated rings. The third-order valence-corrected chi connectivity index (χ3v) is 5.88. The Labute approximate surface area is 112 Å². The molecule has 0 aliphatic carbocycles. The van der Waals surface area contributed by atoms with Crippen LogP contribution in [0.5, 0.6) is 5.61 Å². The molecule has 2 aromatic rings. The molecular weight excluding hydrogens is 260 g/mol.